The Labute approximate surface area is 190 Å². The minimum absolute atomic E-state index is 0.152. The molecule has 5 heteroatoms. The molecule has 0 amide bonds. The summed E-state index contributed by atoms with van der Waals surface area (Å²) in [4.78, 5) is 29.4. The molecular weight excluding hydrogens is 414 g/mol. The lowest BCUT2D eigenvalue weighted by Gasteiger charge is -2.12. The number of fused-ring (bicyclic) bond motifs is 2. The van der Waals surface area contributed by atoms with Gasteiger partial charge in [-0.2, -0.15) is 0 Å². The standard InChI is InChI=1S/C28H21NO4/c30-27-21-13-7-15-23(28(31)33-18-20-11-5-2-6-12-20)25(21)29-26-22(27)14-8-16-24(26)32-17-19-9-3-1-4-10-19/h1-16H,17-18H2,(H,29,30). The van der Waals surface area contributed by atoms with Crippen LogP contribution in [-0.4, -0.2) is 11.0 Å². The molecule has 0 aliphatic rings. The number of aromatic nitrogens is 1. The third-order valence-electron chi connectivity index (χ3n) is 5.50. The average molecular weight is 435 g/mol. The lowest BCUT2D eigenvalue weighted by Crippen LogP contribution is -2.11. The molecule has 0 aliphatic heterocycles. The highest BCUT2D eigenvalue weighted by Gasteiger charge is 2.17. The summed E-state index contributed by atoms with van der Waals surface area (Å²) >= 11 is 0. The largest absolute Gasteiger partial charge is 0.487 e. The third kappa shape index (κ3) is 4.21. The Morgan fingerprint density at radius 2 is 1.27 bits per heavy atom. The molecule has 33 heavy (non-hydrogen) atoms. The molecule has 1 heterocycles. The summed E-state index contributed by atoms with van der Waals surface area (Å²) in [5.74, 6) is 0.0462. The van der Waals surface area contributed by atoms with E-state index in [9.17, 15) is 9.59 Å². The van der Waals surface area contributed by atoms with Crippen LogP contribution in [0.5, 0.6) is 5.75 Å². The number of nitrogens with one attached hydrogen (secondary N) is 1. The van der Waals surface area contributed by atoms with Gasteiger partial charge in [-0.25, -0.2) is 4.79 Å². The molecule has 0 bridgehead atoms. The van der Waals surface area contributed by atoms with Gasteiger partial charge in [0.05, 0.1) is 16.6 Å². The van der Waals surface area contributed by atoms with Gasteiger partial charge >= 0.3 is 5.97 Å². The Morgan fingerprint density at radius 1 is 0.667 bits per heavy atom. The van der Waals surface area contributed by atoms with Crippen molar-refractivity contribution in [3.05, 3.63) is 124 Å². The molecule has 0 unspecified atom stereocenters. The number of carbonyl (C=O) groups excluding carboxylic acids is 1. The van der Waals surface area contributed by atoms with E-state index in [4.69, 9.17) is 9.47 Å². The zero-order valence-corrected chi connectivity index (χ0v) is 17.8. The molecule has 162 valence electrons. The highest BCUT2D eigenvalue weighted by Crippen LogP contribution is 2.26. The summed E-state index contributed by atoms with van der Waals surface area (Å²) in [6.45, 7) is 0.514. The summed E-state index contributed by atoms with van der Waals surface area (Å²) in [5, 5.41) is 0.930. The maximum atomic E-state index is 13.2. The molecule has 0 fully saturated rings. The fourth-order valence-corrected chi connectivity index (χ4v) is 3.82. The zero-order chi connectivity index (χ0) is 22.6. The lowest BCUT2D eigenvalue weighted by molar-refractivity contribution is 0.0475. The van der Waals surface area contributed by atoms with Crippen LogP contribution in [0.4, 0.5) is 0 Å². The van der Waals surface area contributed by atoms with Crippen molar-refractivity contribution in [3.8, 4) is 5.75 Å². The van der Waals surface area contributed by atoms with Gasteiger partial charge in [-0.3, -0.25) is 4.79 Å². The molecular formula is C28H21NO4. The van der Waals surface area contributed by atoms with Crippen LogP contribution in [0.25, 0.3) is 21.8 Å². The number of para-hydroxylation sites is 2. The zero-order valence-electron chi connectivity index (χ0n) is 17.8. The average Bonchev–Trinajstić information content (AvgIpc) is 2.87. The summed E-state index contributed by atoms with van der Waals surface area (Å²) in [6.07, 6.45) is 0. The van der Waals surface area contributed by atoms with E-state index >= 15 is 0 Å². The number of esters is 1. The number of pyridine rings is 1. The van der Waals surface area contributed by atoms with Gasteiger partial charge in [0.15, 0.2) is 5.43 Å². The second kappa shape index (κ2) is 9.01. The second-order valence-electron chi connectivity index (χ2n) is 7.70. The van der Waals surface area contributed by atoms with Gasteiger partial charge in [-0.05, 0) is 35.4 Å². The van der Waals surface area contributed by atoms with Crippen molar-refractivity contribution < 1.29 is 14.3 Å². The van der Waals surface area contributed by atoms with Crippen LogP contribution < -0.4 is 10.2 Å². The summed E-state index contributed by atoms with van der Waals surface area (Å²) in [7, 11) is 0. The number of rotatable bonds is 6. The number of aromatic amines is 1. The number of hydrogen-bond acceptors (Lipinski definition) is 4. The molecule has 5 rings (SSSR count). The molecule has 0 saturated carbocycles. The van der Waals surface area contributed by atoms with E-state index < -0.39 is 5.97 Å². The molecule has 4 aromatic carbocycles. The normalized spacial score (nSPS) is 10.9. The summed E-state index contributed by atoms with van der Waals surface area (Å²) in [5.41, 5.74) is 3.03. The minimum Gasteiger partial charge on any atom is -0.487 e. The second-order valence-corrected chi connectivity index (χ2v) is 7.70. The van der Waals surface area contributed by atoms with Crippen LogP contribution in [0.1, 0.15) is 21.5 Å². The molecule has 1 N–H and O–H groups in total. The van der Waals surface area contributed by atoms with Crippen molar-refractivity contribution in [1.29, 1.82) is 0 Å². The predicted molar refractivity (Wildman–Crippen MR) is 128 cm³/mol. The van der Waals surface area contributed by atoms with E-state index in [1.165, 1.54) is 0 Å². The van der Waals surface area contributed by atoms with Crippen molar-refractivity contribution in [2.75, 3.05) is 0 Å². The third-order valence-corrected chi connectivity index (χ3v) is 5.50. The van der Waals surface area contributed by atoms with E-state index in [1.54, 1.807) is 30.3 Å². The van der Waals surface area contributed by atoms with Crippen LogP contribution in [0, 0.1) is 0 Å². The molecule has 0 aliphatic carbocycles. The van der Waals surface area contributed by atoms with E-state index in [0.29, 0.717) is 39.7 Å². The maximum absolute atomic E-state index is 13.2. The molecule has 5 nitrogen and oxygen atoms in total. The molecule has 0 atom stereocenters. The number of benzene rings is 4. The van der Waals surface area contributed by atoms with Gasteiger partial charge < -0.3 is 14.5 Å². The van der Waals surface area contributed by atoms with Crippen molar-refractivity contribution >= 4 is 27.8 Å². The van der Waals surface area contributed by atoms with Gasteiger partial charge in [0.25, 0.3) is 0 Å². The number of H-pyrrole nitrogens is 1. The Bertz CT molecular complexity index is 1490. The van der Waals surface area contributed by atoms with Crippen LogP contribution in [-0.2, 0) is 18.0 Å². The Morgan fingerprint density at radius 3 is 1.97 bits per heavy atom. The van der Waals surface area contributed by atoms with Gasteiger partial charge in [0.1, 0.15) is 19.0 Å². The molecule has 1 aromatic heterocycles. The number of hydrogen-bond donors (Lipinski definition) is 1. The van der Waals surface area contributed by atoms with Crippen molar-refractivity contribution in [1.82, 2.24) is 4.98 Å². The van der Waals surface area contributed by atoms with E-state index in [-0.39, 0.29) is 12.0 Å². The fourth-order valence-electron chi connectivity index (χ4n) is 3.82. The van der Waals surface area contributed by atoms with Crippen LogP contribution >= 0.6 is 0 Å². The van der Waals surface area contributed by atoms with Gasteiger partial charge in [-0.1, -0.05) is 72.8 Å². The van der Waals surface area contributed by atoms with E-state index in [2.05, 4.69) is 4.98 Å². The quantitative estimate of drug-likeness (QED) is 0.278. The van der Waals surface area contributed by atoms with Gasteiger partial charge in [0.2, 0.25) is 0 Å². The van der Waals surface area contributed by atoms with Crippen LogP contribution in [0.15, 0.2) is 102 Å². The van der Waals surface area contributed by atoms with Crippen molar-refractivity contribution in [2.24, 2.45) is 0 Å². The molecule has 5 aromatic rings. The molecule has 0 radical (unpaired) electrons. The molecule has 0 spiro atoms. The van der Waals surface area contributed by atoms with Crippen molar-refractivity contribution in [2.45, 2.75) is 13.2 Å². The first-order valence-electron chi connectivity index (χ1n) is 10.7. The number of carbonyl (C=O) groups is 1. The fraction of sp³-hybridized carbons (Fsp3) is 0.0714. The lowest BCUT2D eigenvalue weighted by atomic mass is 10.1. The first-order valence-corrected chi connectivity index (χ1v) is 10.7. The van der Waals surface area contributed by atoms with Crippen molar-refractivity contribution in [3.63, 3.8) is 0 Å². The highest BCUT2D eigenvalue weighted by atomic mass is 16.5. The summed E-state index contributed by atoms with van der Waals surface area (Å²) in [6, 6.07) is 29.7. The van der Waals surface area contributed by atoms with E-state index in [1.807, 2.05) is 66.7 Å². The smallest absolute Gasteiger partial charge is 0.340 e. The SMILES string of the molecule is O=C(OCc1ccccc1)c1cccc2c(=O)c3cccc(OCc4ccccc4)c3[nH]c12. The number of ether oxygens (including phenoxy) is 2. The van der Waals surface area contributed by atoms with E-state index in [0.717, 1.165) is 11.1 Å². The van der Waals surface area contributed by atoms with Crippen LogP contribution in [0.2, 0.25) is 0 Å². The molecule has 0 saturated heterocycles. The first-order chi connectivity index (χ1) is 16.2. The van der Waals surface area contributed by atoms with Gasteiger partial charge in [0, 0.05) is 10.8 Å². The Hall–Kier alpha value is -4.38. The summed E-state index contributed by atoms with van der Waals surface area (Å²) < 4.78 is 11.5. The Balaban J connectivity index is 1.53. The first kappa shape index (κ1) is 20.5. The Kier molecular flexibility index (Phi) is 5.60. The van der Waals surface area contributed by atoms with Crippen LogP contribution in [0.3, 0.4) is 0 Å². The van der Waals surface area contributed by atoms with Gasteiger partial charge in [-0.15, -0.1) is 0 Å². The predicted octanol–water partition coefficient (Wildman–Crippen LogP) is 5.62. The highest BCUT2D eigenvalue weighted by molar-refractivity contribution is 6.06. The minimum atomic E-state index is -0.498. The monoisotopic (exact) mass is 435 g/mol. The topological polar surface area (TPSA) is 68.4 Å². The maximum Gasteiger partial charge on any atom is 0.340 e.